The van der Waals surface area contributed by atoms with Crippen LogP contribution in [0.2, 0.25) is 0 Å². The molecule has 3 atom stereocenters. The summed E-state index contributed by atoms with van der Waals surface area (Å²) in [5, 5.41) is 14.0. The van der Waals surface area contributed by atoms with E-state index >= 15 is 0 Å². The van der Waals surface area contributed by atoms with Crippen molar-refractivity contribution in [2.24, 2.45) is 0 Å². The lowest BCUT2D eigenvalue weighted by atomic mass is 10.0. The lowest BCUT2D eigenvalue weighted by Crippen LogP contribution is -2.45. The van der Waals surface area contributed by atoms with Gasteiger partial charge in [-0.2, -0.15) is 0 Å². The molecule has 0 aliphatic heterocycles. The second-order valence-corrected chi connectivity index (χ2v) is 25.6. The van der Waals surface area contributed by atoms with Crippen LogP contribution in [0.3, 0.4) is 0 Å². The first-order valence-corrected chi connectivity index (χ1v) is 35.9. The quantitative estimate of drug-likeness (QED) is 0.0243. The Balaban J connectivity index is 4.22. The van der Waals surface area contributed by atoms with Gasteiger partial charge in [0.15, 0.2) is 0 Å². The first-order valence-electron chi connectivity index (χ1n) is 34.4. The molecule has 0 aliphatic carbocycles. The SMILES string of the molecule is CC/C=C\C/C=C\C/C=C\C/C=C\C/C=C\C/C=C\C/C=C\C/C=C\C/C=C\CCCC(=O)NC(COP(=O)(O)OCC[N+](C)(C)C)C(O)/C=C/CCCCCCCCCCCCCCCCCCCCCCCCCCCCCCCC. The molecular weight excluding hydrogens is 1040 g/mol. The molecule has 0 radical (unpaired) electrons. The third kappa shape index (κ3) is 66.3. The van der Waals surface area contributed by atoms with Gasteiger partial charge in [0.1, 0.15) is 13.2 Å². The molecular formula is C74H132N2O6P+. The number of hydrogen-bond donors (Lipinski definition) is 3. The van der Waals surface area contributed by atoms with Gasteiger partial charge in [0.2, 0.25) is 5.91 Å². The zero-order valence-electron chi connectivity index (χ0n) is 54.7. The molecule has 478 valence electrons. The van der Waals surface area contributed by atoms with Crippen molar-refractivity contribution in [1.82, 2.24) is 5.32 Å². The van der Waals surface area contributed by atoms with Gasteiger partial charge in [-0.25, -0.2) is 4.57 Å². The van der Waals surface area contributed by atoms with Crippen molar-refractivity contribution in [1.29, 1.82) is 0 Å². The van der Waals surface area contributed by atoms with E-state index in [2.05, 4.69) is 129 Å². The van der Waals surface area contributed by atoms with Crippen LogP contribution in [0.5, 0.6) is 0 Å². The molecule has 0 heterocycles. The highest BCUT2D eigenvalue weighted by Crippen LogP contribution is 2.43. The monoisotopic (exact) mass is 1180 g/mol. The molecule has 0 aromatic carbocycles. The Labute approximate surface area is 514 Å². The Bertz CT molecular complexity index is 1770. The van der Waals surface area contributed by atoms with Gasteiger partial charge >= 0.3 is 7.82 Å². The molecule has 0 saturated heterocycles. The maximum atomic E-state index is 13.0. The summed E-state index contributed by atoms with van der Waals surface area (Å²) in [4.78, 5) is 23.4. The second kappa shape index (κ2) is 63.4. The zero-order chi connectivity index (χ0) is 60.5. The zero-order valence-corrected chi connectivity index (χ0v) is 55.5. The molecule has 0 aromatic heterocycles. The Morgan fingerprint density at radius 1 is 0.422 bits per heavy atom. The summed E-state index contributed by atoms with van der Waals surface area (Å²) in [7, 11) is 1.52. The fourth-order valence-electron chi connectivity index (χ4n) is 9.63. The Morgan fingerprint density at radius 2 is 0.723 bits per heavy atom. The van der Waals surface area contributed by atoms with Gasteiger partial charge in [-0.05, 0) is 83.5 Å². The largest absolute Gasteiger partial charge is 0.472 e. The van der Waals surface area contributed by atoms with Crippen LogP contribution in [0.1, 0.15) is 290 Å². The third-order valence-electron chi connectivity index (χ3n) is 14.9. The number of aliphatic hydroxyl groups excluding tert-OH is 1. The first kappa shape index (κ1) is 79.9. The maximum absolute atomic E-state index is 13.0. The van der Waals surface area contributed by atoms with E-state index in [0.29, 0.717) is 17.4 Å². The molecule has 0 rings (SSSR count). The van der Waals surface area contributed by atoms with E-state index in [1.165, 1.54) is 180 Å². The normalized spacial score (nSPS) is 14.4. The van der Waals surface area contributed by atoms with Crippen molar-refractivity contribution in [3.63, 3.8) is 0 Å². The highest BCUT2D eigenvalue weighted by molar-refractivity contribution is 7.47. The van der Waals surface area contributed by atoms with Gasteiger partial charge in [0, 0.05) is 6.42 Å². The first-order chi connectivity index (χ1) is 40.5. The molecule has 8 nitrogen and oxygen atoms in total. The molecule has 0 aromatic rings. The standard InChI is InChI=1S/C74H131N2O6P/c1-6-8-10-12-14-16-18-20-22-24-26-28-30-32-34-36-37-38-40-41-43-45-47-49-51-53-55-57-59-61-63-65-67-73(77)72(71-82-83(79,80)81-70-69-76(3,4)5)75-74(78)68-66-64-62-60-58-56-54-52-50-48-46-44-42-39-35-33-31-29-27-25-23-21-19-17-15-13-11-9-7-2/h9,11,15,17,21,23,27,29,33,35,42,44,48,50,54,56,60,62,65,67,72-73,77H,6-8,10,12-14,16,18-20,22,24-26,28,30-32,34,36-41,43,45-47,49,51-53,55,57-59,61,63-64,66,68-71H2,1-5H3,(H-,75,78,79,80)/p+1/b11-9-,17-15-,23-21-,29-27-,35-33-,44-42-,50-48-,56-54-,62-60-,67-65+. The Morgan fingerprint density at radius 3 is 1.05 bits per heavy atom. The molecule has 3 N–H and O–H groups in total. The number of phosphoric ester groups is 1. The van der Waals surface area contributed by atoms with E-state index in [4.69, 9.17) is 9.05 Å². The molecule has 9 heteroatoms. The molecule has 0 aliphatic rings. The topological polar surface area (TPSA) is 105 Å². The minimum absolute atomic E-state index is 0.0442. The average molecular weight is 1180 g/mol. The van der Waals surface area contributed by atoms with Crippen LogP contribution in [-0.4, -0.2) is 73.4 Å². The predicted octanol–water partition coefficient (Wildman–Crippen LogP) is 22.0. The molecule has 83 heavy (non-hydrogen) atoms. The number of rotatable bonds is 62. The van der Waals surface area contributed by atoms with Crippen LogP contribution in [0.4, 0.5) is 0 Å². The molecule has 3 unspecified atom stereocenters. The van der Waals surface area contributed by atoms with E-state index in [1.807, 2.05) is 27.2 Å². The predicted molar refractivity (Wildman–Crippen MR) is 364 cm³/mol. The minimum atomic E-state index is -4.38. The van der Waals surface area contributed by atoms with Gasteiger partial charge < -0.3 is 19.8 Å². The van der Waals surface area contributed by atoms with Crippen molar-refractivity contribution in [3.8, 4) is 0 Å². The lowest BCUT2D eigenvalue weighted by Gasteiger charge is -2.25. The molecule has 0 spiro atoms. The number of nitrogens with one attached hydrogen (secondary N) is 1. The summed E-state index contributed by atoms with van der Waals surface area (Å²) < 4.78 is 23.8. The lowest BCUT2D eigenvalue weighted by molar-refractivity contribution is -0.870. The van der Waals surface area contributed by atoms with Crippen molar-refractivity contribution >= 4 is 13.7 Å². The number of amides is 1. The smallest absolute Gasteiger partial charge is 0.387 e. The number of likely N-dealkylation sites (N-methyl/N-ethyl adjacent to an activating group) is 1. The summed E-state index contributed by atoms with van der Waals surface area (Å²) in [6, 6.07) is -0.889. The highest BCUT2D eigenvalue weighted by Gasteiger charge is 2.27. The fourth-order valence-corrected chi connectivity index (χ4v) is 10.4. The number of phosphoric acid groups is 1. The highest BCUT2D eigenvalue weighted by atomic mass is 31.2. The number of quaternary nitrogens is 1. The second-order valence-electron chi connectivity index (χ2n) is 24.2. The van der Waals surface area contributed by atoms with Crippen molar-refractivity contribution in [2.75, 3.05) is 40.9 Å². The van der Waals surface area contributed by atoms with E-state index in [1.54, 1.807) is 6.08 Å². The Kier molecular flexibility index (Phi) is 61.0. The summed E-state index contributed by atoms with van der Waals surface area (Å²) in [5.74, 6) is -0.236. The van der Waals surface area contributed by atoms with Gasteiger partial charge in [-0.3, -0.25) is 13.8 Å². The van der Waals surface area contributed by atoms with Crippen LogP contribution in [0.15, 0.2) is 122 Å². The fraction of sp³-hybridized carbons (Fsp3) is 0.716. The molecule has 1 amide bonds. The summed E-state index contributed by atoms with van der Waals surface area (Å²) in [5.41, 5.74) is 0. The average Bonchev–Trinajstić information content (AvgIpc) is 3.50. The van der Waals surface area contributed by atoms with Gasteiger partial charge in [-0.15, -0.1) is 0 Å². The van der Waals surface area contributed by atoms with Gasteiger partial charge in [-0.1, -0.05) is 322 Å². The van der Waals surface area contributed by atoms with Crippen LogP contribution < -0.4 is 5.32 Å². The number of aliphatic hydroxyl groups is 1. The Hall–Kier alpha value is -3.10. The summed E-state index contributed by atoms with van der Waals surface area (Å²) in [6.07, 6.45) is 95.0. The number of carbonyl (C=O) groups is 1. The minimum Gasteiger partial charge on any atom is -0.387 e. The van der Waals surface area contributed by atoms with Gasteiger partial charge in [0.25, 0.3) is 0 Å². The van der Waals surface area contributed by atoms with Crippen molar-refractivity contribution in [2.45, 2.75) is 302 Å². The molecule has 0 fully saturated rings. The van der Waals surface area contributed by atoms with Crippen molar-refractivity contribution in [3.05, 3.63) is 122 Å². The van der Waals surface area contributed by atoms with Crippen LogP contribution in [0.25, 0.3) is 0 Å². The number of hydrogen-bond acceptors (Lipinski definition) is 5. The van der Waals surface area contributed by atoms with E-state index in [0.717, 1.165) is 83.5 Å². The van der Waals surface area contributed by atoms with E-state index < -0.39 is 20.0 Å². The molecule has 0 saturated carbocycles. The van der Waals surface area contributed by atoms with Crippen LogP contribution in [0, 0.1) is 0 Å². The summed E-state index contributed by atoms with van der Waals surface area (Å²) in [6.45, 7) is 4.67. The number of allylic oxidation sites excluding steroid dienone is 19. The van der Waals surface area contributed by atoms with Crippen LogP contribution in [-0.2, 0) is 18.4 Å². The number of unbranched alkanes of at least 4 members (excludes halogenated alkanes) is 31. The number of carbonyl (C=O) groups excluding carboxylic acids is 1. The molecule has 0 bridgehead atoms. The van der Waals surface area contributed by atoms with E-state index in [9.17, 15) is 19.4 Å². The van der Waals surface area contributed by atoms with Gasteiger partial charge in [0.05, 0.1) is 39.9 Å². The van der Waals surface area contributed by atoms with Crippen molar-refractivity contribution < 1.29 is 32.9 Å². The third-order valence-corrected chi connectivity index (χ3v) is 15.9. The maximum Gasteiger partial charge on any atom is 0.472 e. The number of nitrogens with zero attached hydrogens (tertiary/aromatic N) is 1. The van der Waals surface area contributed by atoms with E-state index in [-0.39, 0.29) is 25.5 Å². The summed E-state index contributed by atoms with van der Waals surface area (Å²) >= 11 is 0. The van der Waals surface area contributed by atoms with Crippen LogP contribution >= 0.6 is 7.82 Å².